The molecule has 0 unspecified atom stereocenters. The molecule has 1 heterocycles. The average molecular weight is 435 g/mol. The van der Waals surface area contributed by atoms with Crippen molar-refractivity contribution in [2.75, 3.05) is 12.8 Å². The second-order valence-electron chi connectivity index (χ2n) is 4.42. The fourth-order valence-corrected chi connectivity index (χ4v) is 5.00. The van der Waals surface area contributed by atoms with Crippen LogP contribution in [0, 0.1) is 0 Å². The first-order valence-corrected chi connectivity index (χ1v) is 8.94. The van der Waals surface area contributed by atoms with Crippen LogP contribution in [0.25, 0.3) is 0 Å². The number of sulfonamides is 1. The molecule has 2 N–H and O–H groups in total. The zero-order valence-electron chi connectivity index (χ0n) is 11.1. The van der Waals surface area contributed by atoms with Gasteiger partial charge in [-0.25, -0.2) is 8.42 Å². The lowest BCUT2D eigenvalue weighted by Gasteiger charge is -2.19. The molecule has 0 atom stereocenters. The van der Waals surface area contributed by atoms with E-state index in [0.717, 1.165) is 5.56 Å². The molecule has 0 bridgehead atoms. The molecule has 2 rings (SSSR count). The van der Waals surface area contributed by atoms with Crippen molar-refractivity contribution in [1.29, 1.82) is 0 Å². The zero-order valence-corrected chi connectivity index (χ0v) is 15.1. The van der Waals surface area contributed by atoms with Crippen molar-refractivity contribution < 1.29 is 8.42 Å². The monoisotopic (exact) mass is 433 g/mol. The molecule has 0 aliphatic carbocycles. The smallest absolute Gasteiger partial charge is 0.246 e. The Balaban J connectivity index is 2.38. The maximum atomic E-state index is 12.7. The number of pyridine rings is 1. The lowest BCUT2D eigenvalue weighted by atomic mass is 10.3. The summed E-state index contributed by atoms with van der Waals surface area (Å²) in [6, 6.07) is 6.76. The summed E-state index contributed by atoms with van der Waals surface area (Å²) >= 11 is 6.54. The minimum absolute atomic E-state index is 0.0715. The second-order valence-corrected chi connectivity index (χ2v) is 8.17. The van der Waals surface area contributed by atoms with Gasteiger partial charge in [-0.1, -0.05) is 15.9 Å². The molecule has 0 fully saturated rings. The van der Waals surface area contributed by atoms with E-state index in [1.54, 1.807) is 36.7 Å². The van der Waals surface area contributed by atoms with Crippen LogP contribution in [0.3, 0.4) is 0 Å². The van der Waals surface area contributed by atoms with Crippen molar-refractivity contribution in [3.8, 4) is 0 Å². The van der Waals surface area contributed by atoms with Gasteiger partial charge in [0.05, 0.1) is 5.69 Å². The van der Waals surface area contributed by atoms with Gasteiger partial charge in [0.15, 0.2) is 0 Å². The summed E-state index contributed by atoms with van der Waals surface area (Å²) in [5, 5.41) is 0. The van der Waals surface area contributed by atoms with Crippen molar-refractivity contribution in [1.82, 2.24) is 9.29 Å². The molecule has 2 aromatic rings. The number of halogens is 2. The number of anilines is 1. The fraction of sp³-hybridized carbons (Fsp3) is 0.154. The molecular weight excluding hydrogens is 422 g/mol. The average Bonchev–Trinajstić information content (AvgIpc) is 2.38. The predicted octanol–water partition coefficient (Wildman–Crippen LogP) is 3.01. The third-order valence-electron chi connectivity index (χ3n) is 2.86. The lowest BCUT2D eigenvalue weighted by Crippen LogP contribution is -2.27. The van der Waals surface area contributed by atoms with E-state index in [4.69, 9.17) is 5.73 Å². The van der Waals surface area contributed by atoms with Gasteiger partial charge in [0.1, 0.15) is 4.90 Å². The Labute approximate surface area is 140 Å². The summed E-state index contributed by atoms with van der Waals surface area (Å²) < 4.78 is 27.7. The SMILES string of the molecule is CN(Cc1ccncc1)S(=O)(=O)c1c(N)cc(Br)cc1Br. The summed E-state index contributed by atoms with van der Waals surface area (Å²) in [6.07, 6.45) is 3.25. The molecular formula is C13H13Br2N3O2S. The van der Waals surface area contributed by atoms with Crippen LogP contribution < -0.4 is 5.73 Å². The van der Waals surface area contributed by atoms with Crippen molar-refractivity contribution in [2.45, 2.75) is 11.4 Å². The molecule has 1 aromatic heterocycles. The standard InChI is InChI=1S/C13H13Br2N3O2S/c1-18(8-9-2-4-17-5-3-9)21(19,20)13-11(15)6-10(14)7-12(13)16/h2-7H,8,16H2,1H3. The Hall–Kier alpha value is -0.960. The molecule has 8 heteroatoms. The van der Waals surface area contributed by atoms with Crippen molar-refractivity contribution >= 4 is 47.6 Å². The summed E-state index contributed by atoms with van der Waals surface area (Å²) in [4.78, 5) is 3.98. The normalized spacial score (nSPS) is 11.8. The molecule has 1 aromatic carbocycles. The van der Waals surface area contributed by atoms with Gasteiger partial charge >= 0.3 is 0 Å². The first-order chi connectivity index (χ1) is 9.82. The zero-order chi connectivity index (χ0) is 15.6. The van der Waals surface area contributed by atoms with Gasteiger partial charge in [0.2, 0.25) is 10.0 Å². The van der Waals surface area contributed by atoms with E-state index >= 15 is 0 Å². The first kappa shape index (κ1) is 16.4. The Morgan fingerprint density at radius 1 is 1.24 bits per heavy atom. The van der Waals surface area contributed by atoms with Crippen LogP contribution in [-0.4, -0.2) is 24.8 Å². The minimum atomic E-state index is -3.70. The van der Waals surface area contributed by atoms with Crippen molar-refractivity contribution in [3.63, 3.8) is 0 Å². The van der Waals surface area contributed by atoms with E-state index in [-0.39, 0.29) is 17.1 Å². The predicted molar refractivity (Wildman–Crippen MR) is 89.1 cm³/mol. The third-order valence-corrected chi connectivity index (χ3v) is 6.13. The van der Waals surface area contributed by atoms with E-state index in [0.29, 0.717) is 8.95 Å². The van der Waals surface area contributed by atoms with Crippen LogP contribution in [0.5, 0.6) is 0 Å². The number of hydrogen-bond donors (Lipinski definition) is 1. The number of nitrogens with zero attached hydrogens (tertiary/aromatic N) is 2. The molecule has 5 nitrogen and oxygen atoms in total. The molecule has 0 spiro atoms. The Bertz CT molecular complexity index is 728. The second kappa shape index (κ2) is 6.43. The third kappa shape index (κ3) is 3.63. The number of nitrogen functional groups attached to an aromatic ring is 1. The van der Waals surface area contributed by atoms with E-state index in [9.17, 15) is 8.42 Å². The quantitative estimate of drug-likeness (QED) is 0.750. The Morgan fingerprint density at radius 3 is 2.43 bits per heavy atom. The van der Waals surface area contributed by atoms with E-state index in [1.807, 2.05) is 0 Å². The van der Waals surface area contributed by atoms with Gasteiger partial charge < -0.3 is 5.73 Å². The number of aromatic nitrogens is 1. The van der Waals surface area contributed by atoms with Gasteiger partial charge in [0.25, 0.3) is 0 Å². The van der Waals surface area contributed by atoms with Crippen LogP contribution in [0.2, 0.25) is 0 Å². The number of nitrogens with two attached hydrogens (primary N) is 1. The van der Waals surface area contributed by atoms with Gasteiger partial charge in [-0.05, 0) is 45.8 Å². The van der Waals surface area contributed by atoms with Gasteiger partial charge in [-0.2, -0.15) is 4.31 Å². The minimum Gasteiger partial charge on any atom is -0.398 e. The van der Waals surface area contributed by atoms with Crippen molar-refractivity contribution in [2.24, 2.45) is 0 Å². The molecule has 0 aliphatic heterocycles. The Morgan fingerprint density at radius 2 is 1.86 bits per heavy atom. The number of rotatable bonds is 4. The van der Waals surface area contributed by atoms with Crippen LogP contribution in [0.1, 0.15) is 5.56 Å². The van der Waals surface area contributed by atoms with Gasteiger partial charge in [-0.3, -0.25) is 4.98 Å². The lowest BCUT2D eigenvalue weighted by molar-refractivity contribution is 0.466. The highest BCUT2D eigenvalue weighted by molar-refractivity contribution is 9.11. The van der Waals surface area contributed by atoms with Crippen LogP contribution >= 0.6 is 31.9 Å². The largest absolute Gasteiger partial charge is 0.398 e. The molecule has 0 saturated heterocycles. The maximum Gasteiger partial charge on any atom is 0.246 e. The molecule has 0 aliphatic rings. The van der Waals surface area contributed by atoms with Gasteiger partial charge in [0, 0.05) is 34.9 Å². The number of benzene rings is 1. The van der Waals surface area contributed by atoms with Crippen molar-refractivity contribution in [3.05, 3.63) is 51.2 Å². The molecule has 112 valence electrons. The topological polar surface area (TPSA) is 76.3 Å². The molecule has 0 saturated carbocycles. The highest BCUT2D eigenvalue weighted by Gasteiger charge is 2.26. The van der Waals surface area contributed by atoms with Crippen LogP contribution in [0.4, 0.5) is 5.69 Å². The highest BCUT2D eigenvalue weighted by atomic mass is 79.9. The first-order valence-electron chi connectivity index (χ1n) is 5.92. The summed E-state index contributed by atoms with van der Waals surface area (Å²) in [5.41, 5.74) is 6.91. The summed E-state index contributed by atoms with van der Waals surface area (Å²) in [7, 11) is -2.18. The van der Waals surface area contributed by atoms with Crippen LogP contribution in [-0.2, 0) is 16.6 Å². The van der Waals surface area contributed by atoms with E-state index in [1.165, 1.54) is 11.4 Å². The van der Waals surface area contributed by atoms with Crippen LogP contribution in [0.15, 0.2) is 50.5 Å². The molecule has 0 radical (unpaired) electrons. The summed E-state index contributed by atoms with van der Waals surface area (Å²) in [5.74, 6) is 0. The van der Waals surface area contributed by atoms with E-state index in [2.05, 4.69) is 36.8 Å². The molecule has 0 amide bonds. The Kier molecular flexibility index (Phi) is 5.03. The highest BCUT2D eigenvalue weighted by Crippen LogP contribution is 2.33. The fourth-order valence-electron chi connectivity index (χ4n) is 1.84. The van der Waals surface area contributed by atoms with E-state index < -0.39 is 10.0 Å². The summed E-state index contributed by atoms with van der Waals surface area (Å²) in [6.45, 7) is 0.243. The molecule has 21 heavy (non-hydrogen) atoms. The van der Waals surface area contributed by atoms with Gasteiger partial charge in [-0.15, -0.1) is 0 Å². The maximum absolute atomic E-state index is 12.7. The number of hydrogen-bond acceptors (Lipinski definition) is 4.